The number of aryl methyl sites for hydroxylation is 1. The third-order valence-electron chi connectivity index (χ3n) is 5.18. The van der Waals surface area contributed by atoms with Gasteiger partial charge in [0.1, 0.15) is 25.5 Å². The van der Waals surface area contributed by atoms with Crippen LogP contribution < -0.4 is 19.9 Å². The molecule has 6 heterocycles. The molecule has 2 N–H and O–H groups in total. The molecule has 34 heavy (non-hydrogen) atoms. The zero-order valence-electron chi connectivity index (χ0n) is 19.0. The Hall–Kier alpha value is -4.12. The van der Waals surface area contributed by atoms with Crippen molar-refractivity contribution in [1.29, 1.82) is 0 Å². The number of aromatic nitrogens is 4. The maximum absolute atomic E-state index is 10.9. The Bertz CT molecular complexity index is 1220. The summed E-state index contributed by atoms with van der Waals surface area (Å²) in [5.41, 5.74) is 10.3. The van der Waals surface area contributed by atoms with Crippen molar-refractivity contribution >= 4 is 11.5 Å². The summed E-state index contributed by atoms with van der Waals surface area (Å²) in [5, 5.41) is 11.1. The van der Waals surface area contributed by atoms with Gasteiger partial charge in [0.05, 0.1) is 23.4 Å². The van der Waals surface area contributed by atoms with E-state index in [1.54, 1.807) is 18.5 Å². The third kappa shape index (κ3) is 4.79. The zero-order chi connectivity index (χ0) is 24.1. The van der Waals surface area contributed by atoms with Crippen LogP contribution in [0.2, 0.25) is 0 Å². The van der Waals surface area contributed by atoms with E-state index in [1.165, 1.54) is 18.9 Å². The Morgan fingerprint density at radius 2 is 1.88 bits per heavy atom. The second-order valence-electron chi connectivity index (χ2n) is 7.50. The molecule has 3 aromatic heterocycles. The van der Waals surface area contributed by atoms with E-state index in [-0.39, 0.29) is 24.5 Å². The number of ether oxygens (including phenoxy) is 3. The van der Waals surface area contributed by atoms with Crippen LogP contribution >= 0.6 is 0 Å². The van der Waals surface area contributed by atoms with Crippen molar-refractivity contribution in [3.8, 4) is 17.6 Å². The summed E-state index contributed by atoms with van der Waals surface area (Å²) in [6.07, 6.45) is 4.84. The molecule has 0 bridgehead atoms. The molecule has 11 heteroatoms. The molecule has 0 radical (unpaired) electrons. The Labute approximate surface area is 195 Å². The molecule has 2 atom stereocenters. The van der Waals surface area contributed by atoms with Gasteiger partial charge in [-0.2, -0.15) is 5.10 Å². The molecule has 11 nitrogen and oxygen atoms in total. The predicted octanol–water partition coefficient (Wildman–Crippen LogP) is 2.05. The number of nitrogens with zero attached hydrogens (tertiary/aromatic N) is 5. The molecule has 0 spiro atoms. The molecule has 3 aromatic rings. The Morgan fingerprint density at radius 1 is 1.06 bits per heavy atom. The maximum Gasteiger partial charge on any atom is 0.244 e. The van der Waals surface area contributed by atoms with Gasteiger partial charge in [-0.15, -0.1) is 5.10 Å². The number of pyridine rings is 2. The highest BCUT2D eigenvalue weighted by Crippen LogP contribution is 2.30. The number of carbonyl (C=O) groups is 1. The Morgan fingerprint density at radius 3 is 2.65 bits per heavy atom. The monoisotopic (exact) mass is 464 g/mol. The molecule has 0 aliphatic carbocycles. The van der Waals surface area contributed by atoms with Crippen LogP contribution in [0.25, 0.3) is 0 Å². The van der Waals surface area contributed by atoms with Crippen molar-refractivity contribution in [2.45, 2.75) is 26.0 Å². The molecule has 3 aliphatic rings. The Kier molecular flexibility index (Phi) is 6.93. The number of Topliss-reactive ketones (excluding diaryl/α,β-unsaturated/α-hetero) is 1. The molecule has 0 saturated carbocycles. The second-order valence-corrected chi connectivity index (χ2v) is 7.50. The lowest BCUT2D eigenvalue weighted by atomic mass is 10.1. The fourth-order valence-electron chi connectivity index (χ4n) is 3.56. The van der Waals surface area contributed by atoms with E-state index in [2.05, 4.69) is 25.3 Å². The van der Waals surface area contributed by atoms with Gasteiger partial charge in [0, 0.05) is 18.0 Å². The van der Waals surface area contributed by atoms with Gasteiger partial charge in [-0.05, 0) is 43.7 Å². The minimum Gasteiger partial charge on any atom is -0.475 e. The molecule has 176 valence electrons. The van der Waals surface area contributed by atoms with Crippen molar-refractivity contribution in [2.75, 3.05) is 20.3 Å². The summed E-state index contributed by atoms with van der Waals surface area (Å²) in [6.45, 7) is 4.61. The lowest BCUT2D eigenvalue weighted by Gasteiger charge is -2.02. The molecular weight excluding hydrogens is 440 g/mol. The van der Waals surface area contributed by atoms with Gasteiger partial charge < -0.3 is 24.8 Å². The third-order valence-corrected chi connectivity index (χ3v) is 5.18. The largest absolute Gasteiger partial charge is 0.475 e. The quantitative estimate of drug-likeness (QED) is 0.531. The standard InChI is InChI=1S/C9H10N2O2.C8H10N2O.C6H4N2O2/c1-6-8(11-12-2)7-4-3-5-10-9(7)13-6;1-5-2-3-10-8-7(5)6(9)4-11-8;9-5-3-10-6-4(5)1-2-7-8-6/h3-6H,1-2H3;2-3,6H,4,9H2,1H3;1-2H,3H2. The fraction of sp³-hybridized carbons (Fsp3) is 0.304. The lowest BCUT2D eigenvalue weighted by Crippen LogP contribution is -2.16. The van der Waals surface area contributed by atoms with Crippen LogP contribution in [-0.2, 0) is 4.84 Å². The van der Waals surface area contributed by atoms with Gasteiger partial charge in [0.2, 0.25) is 23.4 Å². The van der Waals surface area contributed by atoms with E-state index in [4.69, 9.17) is 24.8 Å². The predicted molar refractivity (Wildman–Crippen MR) is 121 cm³/mol. The summed E-state index contributed by atoms with van der Waals surface area (Å²) in [7, 11) is 1.52. The normalized spacial score (nSPS) is 19.8. The van der Waals surface area contributed by atoms with Crippen molar-refractivity contribution < 1.29 is 23.8 Å². The molecule has 0 fully saturated rings. The van der Waals surface area contributed by atoms with Crippen LogP contribution in [0.1, 0.15) is 40.0 Å². The minimum atomic E-state index is -0.0788. The zero-order valence-corrected chi connectivity index (χ0v) is 19.0. The van der Waals surface area contributed by atoms with Gasteiger partial charge in [-0.25, -0.2) is 9.97 Å². The number of fused-ring (bicyclic) bond motifs is 3. The van der Waals surface area contributed by atoms with E-state index in [9.17, 15) is 4.79 Å². The first-order chi connectivity index (χ1) is 16.5. The van der Waals surface area contributed by atoms with E-state index >= 15 is 0 Å². The van der Waals surface area contributed by atoms with E-state index in [1.807, 2.05) is 32.0 Å². The van der Waals surface area contributed by atoms with Crippen molar-refractivity contribution in [3.63, 3.8) is 0 Å². The first-order valence-electron chi connectivity index (χ1n) is 10.5. The van der Waals surface area contributed by atoms with Crippen LogP contribution in [0.15, 0.2) is 48.0 Å². The van der Waals surface area contributed by atoms with Crippen molar-refractivity contribution in [1.82, 2.24) is 20.2 Å². The second kappa shape index (κ2) is 10.2. The van der Waals surface area contributed by atoms with E-state index < -0.39 is 0 Å². The molecule has 0 saturated heterocycles. The minimum absolute atomic E-state index is 0.0127. The summed E-state index contributed by atoms with van der Waals surface area (Å²) in [4.78, 5) is 23.8. The van der Waals surface area contributed by atoms with Crippen LogP contribution in [-0.4, -0.2) is 58.1 Å². The van der Waals surface area contributed by atoms with Gasteiger partial charge in [-0.1, -0.05) is 5.16 Å². The average Bonchev–Trinajstić information content (AvgIpc) is 3.51. The number of nitrogens with two attached hydrogens (primary N) is 1. The highest BCUT2D eigenvalue weighted by atomic mass is 16.6. The molecule has 6 rings (SSSR count). The first-order valence-corrected chi connectivity index (χ1v) is 10.5. The highest BCUT2D eigenvalue weighted by Gasteiger charge is 2.28. The number of ketones is 1. The number of oxime groups is 1. The first kappa shape index (κ1) is 23.1. The van der Waals surface area contributed by atoms with Crippen LogP contribution in [0, 0.1) is 6.92 Å². The fourth-order valence-corrected chi connectivity index (χ4v) is 3.56. The van der Waals surface area contributed by atoms with Gasteiger partial charge in [0.25, 0.3) is 0 Å². The topological polar surface area (TPSA) is 144 Å². The van der Waals surface area contributed by atoms with Crippen LogP contribution in [0.3, 0.4) is 0 Å². The van der Waals surface area contributed by atoms with Crippen LogP contribution in [0.4, 0.5) is 0 Å². The Balaban J connectivity index is 0.000000122. The smallest absolute Gasteiger partial charge is 0.244 e. The SMILES string of the molecule is CON=C1c2cccnc2OC1C.Cc1ccnc2c1C(N)CO2.O=C1COc2nnccc21. The van der Waals surface area contributed by atoms with Gasteiger partial charge >= 0.3 is 0 Å². The summed E-state index contributed by atoms with van der Waals surface area (Å²) in [6, 6.07) is 7.35. The van der Waals surface area contributed by atoms with Crippen molar-refractivity contribution in [3.05, 3.63) is 65.1 Å². The molecule has 0 amide bonds. The van der Waals surface area contributed by atoms with Gasteiger partial charge in [0.15, 0.2) is 6.61 Å². The van der Waals surface area contributed by atoms with E-state index in [0.29, 0.717) is 29.8 Å². The van der Waals surface area contributed by atoms with E-state index in [0.717, 1.165) is 16.8 Å². The summed E-state index contributed by atoms with van der Waals surface area (Å²) in [5.74, 6) is 1.67. The molecule has 2 unspecified atom stereocenters. The highest BCUT2D eigenvalue weighted by molar-refractivity contribution is 6.07. The maximum atomic E-state index is 10.9. The number of hydrogen-bond donors (Lipinski definition) is 1. The number of carbonyl (C=O) groups excluding carboxylic acids is 1. The average molecular weight is 464 g/mol. The molecular formula is C23H24N6O5. The molecule has 0 aromatic carbocycles. The number of rotatable bonds is 1. The number of hydrogen-bond acceptors (Lipinski definition) is 11. The molecule has 3 aliphatic heterocycles. The van der Waals surface area contributed by atoms with Gasteiger partial charge in [-0.3, -0.25) is 4.79 Å². The van der Waals surface area contributed by atoms with Crippen LogP contribution in [0.5, 0.6) is 17.6 Å². The van der Waals surface area contributed by atoms with Crippen molar-refractivity contribution in [2.24, 2.45) is 10.9 Å². The summed E-state index contributed by atoms with van der Waals surface area (Å²) < 4.78 is 15.6. The lowest BCUT2D eigenvalue weighted by molar-refractivity contribution is 0.0960. The summed E-state index contributed by atoms with van der Waals surface area (Å²) >= 11 is 0.